The number of carbonyl (C=O) groups excluding carboxylic acids is 8. The molecule has 8 amide bonds. The van der Waals surface area contributed by atoms with E-state index in [0.29, 0.717) is 11.1 Å². The van der Waals surface area contributed by atoms with Crippen molar-refractivity contribution in [2.45, 2.75) is 195 Å². The van der Waals surface area contributed by atoms with Gasteiger partial charge in [-0.2, -0.15) is 0 Å². The summed E-state index contributed by atoms with van der Waals surface area (Å²) in [6.07, 6.45) is -0.611. The Morgan fingerprint density at radius 1 is 0.425 bits per heavy atom. The van der Waals surface area contributed by atoms with Crippen LogP contribution in [-0.4, -0.2) is 140 Å². The Kier molecular flexibility index (Phi) is 27.3. The van der Waals surface area contributed by atoms with Crippen LogP contribution in [0.15, 0.2) is 60.8 Å². The predicted octanol–water partition coefficient (Wildman–Crippen LogP) is 2.24. The van der Waals surface area contributed by atoms with Crippen LogP contribution in [-0.2, 0) is 56.0 Å². The number of hydrogen-bond donors (Lipinski definition) is 13. The zero-order valence-electron chi connectivity index (χ0n) is 48.6. The fraction of sp³-hybridized carbons (Fsp3) is 0.603. The lowest BCUT2D eigenvalue weighted by Gasteiger charge is -2.30. The number of carbonyl (C=O) groups is 9. The minimum Gasteiger partial charge on any atom is -0.480 e. The molecule has 0 saturated carbocycles. The second-order valence-corrected chi connectivity index (χ2v) is 23.2. The standard InChI is InChI=1S/C58H90N10O12/c1-30(2)22-41(51(72)63-44(25-33(7)8)55(76)68-49(36(12)70)57(78)67-47(58(79)80)26-34(9)10)61-50(71)42(23-31(3)4)62-54(75)46(28-38-29-60-40-21-17-16-20-39(38)40)65-53(74)45(27-37-18-14-13-15-19-37)64-52(73)43(24-32(5)6)66-56(77)48(59)35(11)69/h13-21,29-36,41-49,60,69-70H,22-28,59H2,1-12H3,(H,61,71)(H,62,75)(H,63,72)(H,64,73)(H,65,74)(H,66,77)(H,67,78)(H,68,76)(H,79,80)/t35-,36-,41+,42+,43+,44+,45+,46+,47+,48+,49+/m1/s1. The van der Waals surface area contributed by atoms with Crippen molar-refractivity contribution in [1.29, 1.82) is 0 Å². The first-order valence-corrected chi connectivity index (χ1v) is 27.8. The molecule has 0 aliphatic carbocycles. The van der Waals surface area contributed by atoms with Gasteiger partial charge in [-0.1, -0.05) is 118 Å². The van der Waals surface area contributed by atoms with E-state index in [1.165, 1.54) is 13.8 Å². The Balaban J connectivity index is 2.00. The third-order valence-corrected chi connectivity index (χ3v) is 13.2. The van der Waals surface area contributed by atoms with E-state index >= 15 is 0 Å². The molecule has 22 heteroatoms. The van der Waals surface area contributed by atoms with Crippen LogP contribution in [0.25, 0.3) is 10.9 Å². The molecule has 0 unspecified atom stereocenters. The van der Waals surface area contributed by atoms with Crippen LogP contribution < -0.4 is 48.3 Å². The number of aromatic amines is 1. The molecule has 0 aliphatic rings. The number of amides is 8. The fourth-order valence-electron chi connectivity index (χ4n) is 9.06. The molecule has 0 bridgehead atoms. The number of benzene rings is 2. The van der Waals surface area contributed by atoms with E-state index < -0.39 is 120 Å². The summed E-state index contributed by atoms with van der Waals surface area (Å²) >= 11 is 0. The summed E-state index contributed by atoms with van der Waals surface area (Å²) in [4.78, 5) is 128. The molecule has 22 nitrogen and oxygen atoms in total. The normalized spacial score (nSPS) is 15.8. The molecule has 1 heterocycles. The van der Waals surface area contributed by atoms with Gasteiger partial charge in [0.1, 0.15) is 54.4 Å². The van der Waals surface area contributed by atoms with Gasteiger partial charge in [0.15, 0.2) is 0 Å². The summed E-state index contributed by atoms with van der Waals surface area (Å²) in [5.41, 5.74) is 7.98. The molecule has 0 fully saturated rings. The number of aromatic nitrogens is 1. The van der Waals surface area contributed by atoms with Crippen molar-refractivity contribution in [3.05, 3.63) is 71.9 Å². The fourth-order valence-corrected chi connectivity index (χ4v) is 9.06. The van der Waals surface area contributed by atoms with Gasteiger partial charge >= 0.3 is 5.97 Å². The van der Waals surface area contributed by atoms with Crippen LogP contribution in [0.4, 0.5) is 0 Å². The summed E-state index contributed by atoms with van der Waals surface area (Å²) in [7, 11) is 0. The van der Waals surface area contributed by atoms with Crippen LogP contribution in [0.3, 0.4) is 0 Å². The molecular formula is C58H90N10O12. The predicted molar refractivity (Wildman–Crippen MR) is 304 cm³/mol. The number of nitrogens with two attached hydrogens (primary N) is 1. The highest BCUT2D eigenvalue weighted by atomic mass is 16.4. The SMILES string of the molecule is CC(C)C[C@H](NC(=O)[C@@H](NC(=O)[C@H](CC(C)C)NC(=O)[C@H](CC(C)C)NC(=O)[C@H](CC(C)C)NC(=O)[C@H](Cc1c[nH]c2ccccc12)NC(=O)[C@H](Cc1ccccc1)NC(=O)[C@H](CC(C)C)NC(=O)[C@@H](N)[C@@H](C)O)[C@@H](C)O)C(=O)O. The summed E-state index contributed by atoms with van der Waals surface area (Å²) in [6.45, 7) is 20.8. The van der Waals surface area contributed by atoms with Gasteiger partial charge in [0, 0.05) is 29.9 Å². The van der Waals surface area contributed by atoms with Gasteiger partial charge in [-0.25, -0.2) is 4.79 Å². The largest absolute Gasteiger partial charge is 0.480 e. The number of H-pyrrole nitrogens is 1. The molecule has 1 aromatic heterocycles. The molecule has 3 aromatic rings. The van der Waals surface area contributed by atoms with E-state index in [1.54, 1.807) is 64.2 Å². The van der Waals surface area contributed by atoms with Crippen molar-refractivity contribution in [2.24, 2.45) is 35.3 Å². The molecule has 80 heavy (non-hydrogen) atoms. The van der Waals surface area contributed by atoms with Gasteiger partial charge in [0.05, 0.1) is 12.2 Å². The van der Waals surface area contributed by atoms with Crippen molar-refractivity contribution in [2.75, 3.05) is 0 Å². The Bertz CT molecular complexity index is 2530. The molecule has 0 saturated heterocycles. The first-order valence-electron chi connectivity index (χ1n) is 27.8. The third-order valence-electron chi connectivity index (χ3n) is 13.2. The lowest BCUT2D eigenvalue weighted by Crippen LogP contribution is -2.61. The number of aliphatic hydroxyl groups excluding tert-OH is 2. The highest BCUT2D eigenvalue weighted by Crippen LogP contribution is 2.21. The molecule has 3 rings (SSSR count). The van der Waals surface area contributed by atoms with E-state index in [4.69, 9.17) is 5.73 Å². The molecular weight excluding hydrogens is 1030 g/mol. The highest BCUT2D eigenvalue weighted by molar-refractivity contribution is 5.98. The summed E-state index contributed by atoms with van der Waals surface area (Å²) in [5, 5.41) is 52.6. The van der Waals surface area contributed by atoms with E-state index in [-0.39, 0.29) is 74.5 Å². The van der Waals surface area contributed by atoms with Crippen molar-refractivity contribution in [1.82, 2.24) is 47.5 Å². The van der Waals surface area contributed by atoms with Crippen LogP contribution >= 0.6 is 0 Å². The minimum atomic E-state index is -1.59. The Hall–Kier alpha value is -6.91. The molecule has 0 aliphatic heterocycles. The lowest BCUT2D eigenvalue weighted by atomic mass is 9.97. The molecule has 0 spiro atoms. The minimum absolute atomic E-state index is 0.0329. The number of para-hydroxylation sites is 1. The van der Waals surface area contributed by atoms with E-state index in [0.717, 1.165) is 10.9 Å². The van der Waals surface area contributed by atoms with Crippen LogP contribution in [0.1, 0.15) is 126 Å². The summed E-state index contributed by atoms with van der Waals surface area (Å²) < 4.78 is 0. The smallest absolute Gasteiger partial charge is 0.326 e. The molecule has 444 valence electrons. The van der Waals surface area contributed by atoms with Gasteiger partial charge in [-0.3, -0.25) is 38.4 Å². The summed E-state index contributed by atoms with van der Waals surface area (Å²) in [6, 6.07) is 4.36. The van der Waals surface area contributed by atoms with Crippen molar-refractivity contribution in [3.8, 4) is 0 Å². The first kappa shape index (κ1) is 67.4. The number of hydrogen-bond acceptors (Lipinski definition) is 12. The molecule has 0 radical (unpaired) electrons. The van der Waals surface area contributed by atoms with Crippen molar-refractivity contribution >= 4 is 64.1 Å². The average Bonchev–Trinajstić information content (AvgIpc) is 3.77. The maximum atomic E-state index is 14.9. The van der Waals surface area contributed by atoms with Gasteiger partial charge in [0.2, 0.25) is 47.3 Å². The molecule has 14 N–H and O–H groups in total. The quantitative estimate of drug-likeness (QED) is 0.0417. The average molecular weight is 1120 g/mol. The van der Waals surface area contributed by atoms with Crippen molar-refractivity contribution < 1.29 is 58.5 Å². The number of aliphatic hydroxyl groups is 2. The van der Waals surface area contributed by atoms with E-state index in [9.17, 15) is 58.5 Å². The Morgan fingerprint density at radius 3 is 1.19 bits per heavy atom. The zero-order chi connectivity index (χ0) is 60.1. The summed E-state index contributed by atoms with van der Waals surface area (Å²) in [5.74, 6) is -8.32. The number of aliphatic carboxylic acids is 1. The Labute approximate surface area is 470 Å². The first-order chi connectivity index (χ1) is 37.5. The lowest BCUT2D eigenvalue weighted by molar-refractivity contribution is -0.143. The Morgan fingerprint density at radius 2 is 0.775 bits per heavy atom. The molecule has 2 aromatic carbocycles. The number of nitrogens with one attached hydrogen (secondary N) is 9. The second-order valence-electron chi connectivity index (χ2n) is 23.2. The topological polar surface area (TPSA) is 352 Å². The van der Waals surface area contributed by atoms with Crippen LogP contribution in [0.5, 0.6) is 0 Å². The monoisotopic (exact) mass is 1120 g/mol. The van der Waals surface area contributed by atoms with Gasteiger partial charge in [-0.15, -0.1) is 0 Å². The van der Waals surface area contributed by atoms with Gasteiger partial charge in [-0.05, 0) is 92.7 Å². The third kappa shape index (κ3) is 22.3. The number of rotatable bonds is 33. The van der Waals surface area contributed by atoms with Crippen LogP contribution in [0.2, 0.25) is 0 Å². The highest BCUT2D eigenvalue weighted by Gasteiger charge is 2.37. The van der Waals surface area contributed by atoms with Gasteiger partial charge in [0.25, 0.3) is 0 Å². The van der Waals surface area contributed by atoms with E-state index in [2.05, 4.69) is 47.5 Å². The van der Waals surface area contributed by atoms with Crippen LogP contribution in [0, 0.1) is 29.6 Å². The number of carboxylic acid groups (broad SMARTS) is 1. The second kappa shape index (κ2) is 32.4. The molecule has 11 atom stereocenters. The maximum absolute atomic E-state index is 14.9. The number of carboxylic acids is 1. The van der Waals surface area contributed by atoms with E-state index in [1.807, 2.05) is 65.8 Å². The zero-order valence-corrected chi connectivity index (χ0v) is 48.6. The maximum Gasteiger partial charge on any atom is 0.326 e. The van der Waals surface area contributed by atoms with Gasteiger partial charge < -0.3 is 68.6 Å². The van der Waals surface area contributed by atoms with Crippen molar-refractivity contribution in [3.63, 3.8) is 0 Å². The number of fused-ring (bicyclic) bond motifs is 1.